The lowest BCUT2D eigenvalue weighted by Gasteiger charge is -2.47. The number of likely N-dealkylation sites (tertiary alicyclic amines) is 1. The summed E-state index contributed by atoms with van der Waals surface area (Å²) in [6.07, 6.45) is 0. The second-order valence-corrected chi connectivity index (χ2v) is 5.47. The maximum atomic E-state index is 10.5. The molecule has 1 aromatic carbocycles. The van der Waals surface area contributed by atoms with Crippen LogP contribution in [0.25, 0.3) is 0 Å². The zero-order valence-corrected chi connectivity index (χ0v) is 11.4. The van der Waals surface area contributed by atoms with E-state index >= 15 is 0 Å². The van der Waals surface area contributed by atoms with Gasteiger partial charge in [0.1, 0.15) is 12.4 Å². The SMILES string of the molecule is CC1(OCC(=O)O)CN(Cc2ccc(O)c(Cl)c2)C1. The van der Waals surface area contributed by atoms with Crippen LogP contribution in [0, 0.1) is 0 Å². The number of phenolic OH excluding ortho intramolecular Hbond substituents is 1. The van der Waals surface area contributed by atoms with Crippen LogP contribution in [-0.4, -0.2) is 46.4 Å². The Labute approximate surface area is 116 Å². The molecule has 1 aliphatic rings. The quantitative estimate of drug-likeness (QED) is 0.862. The number of carboxylic acid groups (broad SMARTS) is 1. The van der Waals surface area contributed by atoms with Gasteiger partial charge in [0, 0.05) is 19.6 Å². The molecule has 0 aromatic heterocycles. The normalized spacial score (nSPS) is 18.0. The van der Waals surface area contributed by atoms with Crippen molar-refractivity contribution in [2.45, 2.75) is 19.1 Å². The standard InChI is InChI=1S/C13H16ClNO4/c1-13(19-6-12(17)18)7-15(8-13)5-9-2-3-11(16)10(14)4-9/h2-4,16H,5-8H2,1H3,(H,17,18). The highest BCUT2D eigenvalue weighted by Gasteiger charge is 2.39. The molecular formula is C13H16ClNO4. The third-order valence-electron chi connectivity index (χ3n) is 3.08. The van der Waals surface area contributed by atoms with Gasteiger partial charge < -0.3 is 14.9 Å². The van der Waals surface area contributed by atoms with Gasteiger partial charge >= 0.3 is 5.97 Å². The summed E-state index contributed by atoms with van der Waals surface area (Å²) in [6, 6.07) is 5.11. The Kier molecular flexibility index (Phi) is 3.99. The molecule has 0 spiro atoms. The van der Waals surface area contributed by atoms with Crippen molar-refractivity contribution in [3.8, 4) is 5.75 Å². The van der Waals surface area contributed by atoms with Crippen molar-refractivity contribution in [3.05, 3.63) is 28.8 Å². The minimum Gasteiger partial charge on any atom is -0.506 e. The molecule has 0 atom stereocenters. The van der Waals surface area contributed by atoms with Crippen LogP contribution < -0.4 is 0 Å². The number of carbonyl (C=O) groups is 1. The highest BCUT2D eigenvalue weighted by atomic mass is 35.5. The average Bonchev–Trinajstić information content (AvgIpc) is 2.29. The lowest BCUT2D eigenvalue weighted by molar-refractivity contribution is -0.165. The Hall–Kier alpha value is -1.30. The van der Waals surface area contributed by atoms with Gasteiger partial charge in [-0.05, 0) is 24.6 Å². The van der Waals surface area contributed by atoms with E-state index in [0.717, 1.165) is 5.56 Å². The molecule has 0 amide bonds. The molecule has 0 radical (unpaired) electrons. The monoisotopic (exact) mass is 285 g/mol. The van der Waals surface area contributed by atoms with Crippen LogP contribution in [0.2, 0.25) is 5.02 Å². The molecule has 1 aliphatic heterocycles. The molecule has 104 valence electrons. The first-order chi connectivity index (χ1) is 8.88. The molecule has 1 heterocycles. The summed E-state index contributed by atoms with van der Waals surface area (Å²) in [7, 11) is 0. The minimum absolute atomic E-state index is 0.0728. The van der Waals surface area contributed by atoms with Gasteiger partial charge in [-0.1, -0.05) is 17.7 Å². The fourth-order valence-electron chi connectivity index (χ4n) is 2.25. The summed E-state index contributed by atoms with van der Waals surface area (Å²) in [6.45, 7) is 3.69. The molecule has 0 unspecified atom stereocenters. The Morgan fingerprint density at radius 1 is 1.53 bits per heavy atom. The summed E-state index contributed by atoms with van der Waals surface area (Å²) in [4.78, 5) is 12.6. The number of aliphatic carboxylic acids is 1. The largest absolute Gasteiger partial charge is 0.506 e. The topological polar surface area (TPSA) is 70.0 Å². The lowest BCUT2D eigenvalue weighted by atomic mass is 9.95. The lowest BCUT2D eigenvalue weighted by Crippen LogP contribution is -2.61. The predicted octanol–water partition coefficient (Wildman–Crippen LogP) is 1.72. The maximum absolute atomic E-state index is 10.5. The first kappa shape index (κ1) is 14.1. The smallest absolute Gasteiger partial charge is 0.329 e. The number of phenols is 1. The fourth-order valence-corrected chi connectivity index (χ4v) is 2.45. The molecule has 1 aromatic rings. The van der Waals surface area contributed by atoms with Gasteiger partial charge in [0.2, 0.25) is 0 Å². The molecule has 1 saturated heterocycles. The van der Waals surface area contributed by atoms with Crippen LogP contribution in [-0.2, 0) is 16.1 Å². The van der Waals surface area contributed by atoms with E-state index in [0.29, 0.717) is 24.7 Å². The van der Waals surface area contributed by atoms with E-state index < -0.39 is 5.97 Å². The van der Waals surface area contributed by atoms with E-state index in [1.54, 1.807) is 12.1 Å². The number of benzene rings is 1. The summed E-state index contributed by atoms with van der Waals surface area (Å²) in [5.41, 5.74) is 0.613. The first-order valence-electron chi connectivity index (χ1n) is 5.93. The van der Waals surface area contributed by atoms with Gasteiger partial charge in [0.15, 0.2) is 0 Å². The number of ether oxygens (including phenoxy) is 1. The summed E-state index contributed by atoms with van der Waals surface area (Å²) >= 11 is 5.84. The highest BCUT2D eigenvalue weighted by Crippen LogP contribution is 2.28. The third kappa shape index (κ3) is 3.59. The van der Waals surface area contributed by atoms with Crippen LogP contribution in [0.3, 0.4) is 0 Å². The van der Waals surface area contributed by atoms with Crippen molar-refractivity contribution in [2.75, 3.05) is 19.7 Å². The first-order valence-corrected chi connectivity index (χ1v) is 6.31. The average molecular weight is 286 g/mol. The van der Waals surface area contributed by atoms with E-state index in [2.05, 4.69) is 4.90 Å². The predicted molar refractivity (Wildman–Crippen MR) is 70.4 cm³/mol. The maximum Gasteiger partial charge on any atom is 0.329 e. The van der Waals surface area contributed by atoms with Crippen molar-refractivity contribution < 1.29 is 19.7 Å². The number of nitrogens with zero attached hydrogens (tertiary/aromatic N) is 1. The molecule has 19 heavy (non-hydrogen) atoms. The zero-order chi connectivity index (χ0) is 14.0. The second-order valence-electron chi connectivity index (χ2n) is 5.06. The molecule has 5 nitrogen and oxygen atoms in total. The Balaban J connectivity index is 1.84. The van der Waals surface area contributed by atoms with E-state index in [1.807, 2.05) is 13.0 Å². The van der Waals surface area contributed by atoms with Gasteiger partial charge in [-0.2, -0.15) is 0 Å². The van der Waals surface area contributed by atoms with Crippen molar-refractivity contribution in [2.24, 2.45) is 0 Å². The minimum atomic E-state index is -0.954. The number of aromatic hydroxyl groups is 1. The van der Waals surface area contributed by atoms with Crippen LogP contribution >= 0.6 is 11.6 Å². The van der Waals surface area contributed by atoms with Crippen molar-refractivity contribution >= 4 is 17.6 Å². The number of carboxylic acids is 1. The third-order valence-corrected chi connectivity index (χ3v) is 3.38. The fraction of sp³-hybridized carbons (Fsp3) is 0.462. The van der Waals surface area contributed by atoms with E-state index in [-0.39, 0.29) is 18.0 Å². The van der Waals surface area contributed by atoms with E-state index in [9.17, 15) is 9.90 Å². The number of rotatable bonds is 5. The molecular weight excluding hydrogens is 270 g/mol. The van der Waals surface area contributed by atoms with Gasteiger partial charge in [-0.25, -0.2) is 4.79 Å². The van der Waals surface area contributed by atoms with Crippen molar-refractivity contribution in [1.29, 1.82) is 0 Å². The molecule has 2 N–H and O–H groups in total. The van der Waals surface area contributed by atoms with Crippen molar-refractivity contribution in [1.82, 2.24) is 4.90 Å². The van der Waals surface area contributed by atoms with Gasteiger partial charge in [-0.3, -0.25) is 4.90 Å². The van der Waals surface area contributed by atoms with Crippen LogP contribution in [0.1, 0.15) is 12.5 Å². The number of hydrogen-bond acceptors (Lipinski definition) is 4. The molecule has 2 rings (SSSR count). The van der Waals surface area contributed by atoms with E-state index in [1.165, 1.54) is 0 Å². The summed E-state index contributed by atoms with van der Waals surface area (Å²) in [5.74, 6) is -0.881. The van der Waals surface area contributed by atoms with Crippen LogP contribution in [0.5, 0.6) is 5.75 Å². The molecule has 0 saturated carbocycles. The summed E-state index contributed by atoms with van der Waals surface area (Å²) in [5, 5.41) is 18.2. The van der Waals surface area contributed by atoms with Crippen LogP contribution in [0.4, 0.5) is 0 Å². The Morgan fingerprint density at radius 3 is 2.79 bits per heavy atom. The number of hydrogen-bond donors (Lipinski definition) is 2. The van der Waals surface area contributed by atoms with Crippen LogP contribution in [0.15, 0.2) is 18.2 Å². The second kappa shape index (κ2) is 5.36. The zero-order valence-electron chi connectivity index (χ0n) is 10.6. The molecule has 6 heteroatoms. The Bertz CT molecular complexity index is 486. The highest BCUT2D eigenvalue weighted by molar-refractivity contribution is 6.32. The van der Waals surface area contributed by atoms with Gasteiger partial charge in [-0.15, -0.1) is 0 Å². The molecule has 0 aliphatic carbocycles. The molecule has 0 bridgehead atoms. The van der Waals surface area contributed by atoms with Gasteiger partial charge in [0.05, 0.1) is 10.6 Å². The Morgan fingerprint density at radius 2 is 2.21 bits per heavy atom. The van der Waals surface area contributed by atoms with E-state index in [4.69, 9.17) is 21.4 Å². The van der Waals surface area contributed by atoms with Crippen molar-refractivity contribution in [3.63, 3.8) is 0 Å². The molecule has 1 fully saturated rings. The summed E-state index contributed by atoms with van der Waals surface area (Å²) < 4.78 is 5.33. The number of halogens is 1. The van der Waals surface area contributed by atoms with Gasteiger partial charge in [0.25, 0.3) is 0 Å².